The first-order valence-corrected chi connectivity index (χ1v) is 6.41. The van der Waals surface area contributed by atoms with E-state index in [0.29, 0.717) is 5.92 Å². The van der Waals surface area contributed by atoms with E-state index in [1.807, 2.05) is 0 Å². The molecular weight excluding hydrogens is 204 g/mol. The van der Waals surface area contributed by atoms with E-state index in [4.69, 9.17) is 0 Å². The average molecular weight is 222 g/mol. The second-order valence-corrected chi connectivity index (χ2v) is 5.10. The Kier molecular flexibility index (Phi) is 2.51. The maximum Gasteiger partial charge on any atom is 0.0100 e. The molecule has 0 N–H and O–H groups in total. The molecule has 0 radical (unpaired) electrons. The van der Waals surface area contributed by atoms with Gasteiger partial charge in [0.25, 0.3) is 0 Å². The molecule has 0 aliphatic heterocycles. The highest BCUT2D eigenvalue weighted by atomic mass is 14.3. The maximum absolute atomic E-state index is 2.30. The van der Waals surface area contributed by atoms with E-state index >= 15 is 0 Å². The summed E-state index contributed by atoms with van der Waals surface area (Å²) in [5.41, 5.74) is 7.51. The molecule has 0 amide bonds. The third kappa shape index (κ3) is 1.68. The van der Waals surface area contributed by atoms with E-state index in [2.05, 4.69) is 56.3 Å². The smallest absolute Gasteiger partial charge is 0.0100 e. The topological polar surface area (TPSA) is 0 Å². The summed E-state index contributed by atoms with van der Waals surface area (Å²) in [7, 11) is 0. The van der Waals surface area contributed by atoms with Crippen LogP contribution in [0.2, 0.25) is 0 Å². The Labute approximate surface area is 103 Å². The number of fused-ring (bicyclic) bond motifs is 1. The molecule has 0 saturated carbocycles. The lowest BCUT2D eigenvalue weighted by molar-refractivity contribution is 0.776. The summed E-state index contributed by atoms with van der Waals surface area (Å²) in [6, 6.07) is 15.6. The van der Waals surface area contributed by atoms with Gasteiger partial charge >= 0.3 is 0 Å². The highest BCUT2D eigenvalue weighted by Gasteiger charge is 2.25. The van der Waals surface area contributed by atoms with Crippen molar-refractivity contribution >= 4 is 0 Å². The van der Waals surface area contributed by atoms with E-state index in [0.717, 1.165) is 0 Å². The predicted molar refractivity (Wildman–Crippen MR) is 72.5 cm³/mol. The van der Waals surface area contributed by atoms with Gasteiger partial charge in [-0.05, 0) is 54.5 Å². The molecule has 0 spiro atoms. The molecule has 0 bridgehead atoms. The standard InChI is InChI=1S/C17H18/c1-12-6-5-7-13(2)17(12)16-11-10-14-8-3-4-9-15(14)16/h3-9,16H,10-11H2,1-2H3. The second kappa shape index (κ2) is 4.03. The Hall–Kier alpha value is -1.56. The van der Waals surface area contributed by atoms with E-state index in [1.54, 1.807) is 16.7 Å². The number of hydrogen-bond acceptors (Lipinski definition) is 0. The minimum atomic E-state index is 0.618. The molecule has 2 aromatic rings. The van der Waals surface area contributed by atoms with Crippen molar-refractivity contribution in [3.8, 4) is 0 Å². The molecule has 86 valence electrons. The first kappa shape index (κ1) is 10.6. The van der Waals surface area contributed by atoms with Crippen LogP contribution in [0.4, 0.5) is 0 Å². The zero-order chi connectivity index (χ0) is 11.8. The first-order valence-electron chi connectivity index (χ1n) is 6.41. The van der Waals surface area contributed by atoms with Crippen LogP contribution in [-0.2, 0) is 6.42 Å². The molecule has 3 rings (SSSR count). The zero-order valence-corrected chi connectivity index (χ0v) is 10.5. The lowest BCUT2D eigenvalue weighted by atomic mass is 9.87. The summed E-state index contributed by atoms with van der Waals surface area (Å²) in [4.78, 5) is 0. The first-order chi connectivity index (χ1) is 8.27. The van der Waals surface area contributed by atoms with E-state index in [-0.39, 0.29) is 0 Å². The van der Waals surface area contributed by atoms with E-state index in [1.165, 1.54) is 24.0 Å². The van der Waals surface area contributed by atoms with Crippen LogP contribution in [-0.4, -0.2) is 0 Å². The Morgan fingerprint density at radius 3 is 2.35 bits per heavy atom. The molecule has 1 atom stereocenters. The van der Waals surface area contributed by atoms with Crippen molar-refractivity contribution in [2.75, 3.05) is 0 Å². The van der Waals surface area contributed by atoms with Gasteiger partial charge in [-0.25, -0.2) is 0 Å². The van der Waals surface area contributed by atoms with Crippen LogP contribution in [0.15, 0.2) is 42.5 Å². The van der Waals surface area contributed by atoms with Gasteiger partial charge in [-0.15, -0.1) is 0 Å². The third-order valence-corrected chi connectivity index (χ3v) is 4.02. The summed E-state index contributed by atoms with van der Waals surface area (Å²) in [5.74, 6) is 0.618. The van der Waals surface area contributed by atoms with Crippen LogP contribution in [0.5, 0.6) is 0 Å². The molecule has 0 heterocycles. The average Bonchev–Trinajstić information content (AvgIpc) is 2.73. The van der Waals surface area contributed by atoms with Crippen molar-refractivity contribution in [3.63, 3.8) is 0 Å². The minimum Gasteiger partial charge on any atom is -0.0620 e. The van der Waals surface area contributed by atoms with Crippen LogP contribution in [0, 0.1) is 13.8 Å². The van der Waals surface area contributed by atoms with Crippen molar-refractivity contribution in [2.24, 2.45) is 0 Å². The summed E-state index contributed by atoms with van der Waals surface area (Å²) in [5, 5.41) is 0. The number of rotatable bonds is 1. The van der Waals surface area contributed by atoms with Gasteiger partial charge in [0, 0.05) is 5.92 Å². The lowest BCUT2D eigenvalue weighted by Crippen LogP contribution is -2.01. The van der Waals surface area contributed by atoms with Gasteiger partial charge in [-0.2, -0.15) is 0 Å². The molecule has 1 unspecified atom stereocenters. The molecular formula is C17H18. The third-order valence-electron chi connectivity index (χ3n) is 4.02. The second-order valence-electron chi connectivity index (χ2n) is 5.10. The molecule has 0 saturated heterocycles. The summed E-state index contributed by atoms with van der Waals surface area (Å²) in [6.45, 7) is 4.48. The minimum absolute atomic E-state index is 0.618. The molecule has 0 fully saturated rings. The van der Waals surface area contributed by atoms with Crippen molar-refractivity contribution < 1.29 is 0 Å². The molecule has 1 aliphatic carbocycles. The predicted octanol–water partition coefficient (Wildman–Crippen LogP) is 4.38. The molecule has 1 aliphatic rings. The number of hydrogen-bond donors (Lipinski definition) is 0. The summed E-state index contributed by atoms with van der Waals surface area (Å²) >= 11 is 0. The van der Waals surface area contributed by atoms with Gasteiger partial charge in [-0.1, -0.05) is 42.5 Å². The molecule has 0 nitrogen and oxygen atoms in total. The quantitative estimate of drug-likeness (QED) is 0.671. The monoisotopic (exact) mass is 222 g/mol. The number of aryl methyl sites for hydroxylation is 3. The van der Waals surface area contributed by atoms with Crippen LogP contribution in [0.1, 0.15) is 40.2 Å². The fraction of sp³-hybridized carbons (Fsp3) is 0.294. The molecule has 17 heavy (non-hydrogen) atoms. The Bertz CT molecular complexity index is 531. The fourth-order valence-electron chi connectivity index (χ4n) is 3.23. The van der Waals surface area contributed by atoms with E-state index in [9.17, 15) is 0 Å². The molecule has 0 heteroatoms. The van der Waals surface area contributed by atoms with Gasteiger partial charge < -0.3 is 0 Å². The van der Waals surface area contributed by atoms with Crippen molar-refractivity contribution in [1.29, 1.82) is 0 Å². The van der Waals surface area contributed by atoms with Crippen LogP contribution < -0.4 is 0 Å². The van der Waals surface area contributed by atoms with E-state index < -0.39 is 0 Å². The highest BCUT2D eigenvalue weighted by molar-refractivity contribution is 5.47. The summed E-state index contributed by atoms with van der Waals surface area (Å²) in [6.07, 6.45) is 2.50. The van der Waals surface area contributed by atoms with Gasteiger partial charge in [0.15, 0.2) is 0 Å². The summed E-state index contributed by atoms with van der Waals surface area (Å²) < 4.78 is 0. The highest BCUT2D eigenvalue weighted by Crippen LogP contribution is 2.40. The lowest BCUT2D eigenvalue weighted by Gasteiger charge is -2.17. The van der Waals surface area contributed by atoms with Crippen LogP contribution >= 0.6 is 0 Å². The van der Waals surface area contributed by atoms with Gasteiger partial charge in [0.05, 0.1) is 0 Å². The zero-order valence-electron chi connectivity index (χ0n) is 10.5. The van der Waals surface area contributed by atoms with Crippen molar-refractivity contribution in [3.05, 3.63) is 70.3 Å². The largest absolute Gasteiger partial charge is 0.0620 e. The number of benzene rings is 2. The van der Waals surface area contributed by atoms with Crippen molar-refractivity contribution in [1.82, 2.24) is 0 Å². The van der Waals surface area contributed by atoms with Crippen molar-refractivity contribution in [2.45, 2.75) is 32.6 Å². The van der Waals surface area contributed by atoms with Crippen LogP contribution in [0.25, 0.3) is 0 Å². The molecule has 0 aromatic heterocycles. The fourth-order valence-corrected chi connectivity index (χ4v) is 3.23. The van der Waals surface area contributed by atoms with Gasteiger partial charge in [-0.3, -0.25) is 0 Å². The Morgan fingerprint density at radius 1 is 0.882 bits per heavy atom. The van der Waals surface area contributed by atoms with Gasteiger partial charge in [0.1, 0.15) is 0 Å². The normalized spacial score (nSPS) is 18.1. The Balaban J connectivity index is 2.13. The maximum atomic E-state index is 2.30. The Morgan fingerprint density at radius 2 is 1.59 bits per heavy atom. The van der Waals surface area contributed by atoms with Crippen LogP contribution in [0.3, 0.4) is 0 Å². The van der Waals surface area contributed by atoms with Gasteiger partial charge in [0.2, 0.25) is 0 Å². The SMILES string of the molecule is Cc1cccc(C)c1C1CCc2ccccc21. The molecule has 2 aromatic carbocycles.